The number of piperidine rings is 1. The quantitative estimate of drug-likeness (QED) is 0.753. The third-order valence-corrected chi connectivity index (χ3v) is 4.39. The Bertz CT molecular complexity index is 661. The Hall–Kier alpha value is -2.03. The number of anilines is 1. The van der Waals surface area contributed by atoms with Crippen LogP contribution in [-0.2, 0) is 15.8 Å². The lowest BCUT2D eigenvalue weighted by Gasteiger charge is -2.32. The first kappa shape index (κ1) is 20.3. The minimum Gasteiger partial charge on any atom is -0.355 e. The molecule has 0 aromatic carbocycles. The molecule has 1 aliphatic heterocycles. The molecule has 0 spiro atoms. The summed E-state index contributed by atoms with van der Waals surface area (Å²) >= 11 is 5.96. The van der Waals surface area contributed by atoms with Crippen molar-refractivity contribution in [1.29, 1.82) is 0 Å². The molecule has 2 heterocycles. The maximum absolute atomic E-state index is 12.7. The lowest BCUT2D eigenvalue weighted by atomic mass is 9.96. The van der Waals surface area contributed by atoms with E-state index in [2.05, 4.69) is 15.6 Å². The summed E-state index contributed by atoms with van der Waals surface area (Å²) in [5.41, 5.74) is -0.889. The summed E-state index contributed by atoms with van der Waals surface area (Å²) in [6.45, 7) is 3.07. The highest BCUT2D eigenvalue weighted by Gasteiger charge is 2.32. The lowest BCUT2D eigenvalue weighted by Crippen LogP contribution is -2.42. The van der Waals surface area contributed by atoms with Crippen LogP contribution in [0.25, 0.3) is 0 Å². The van der Waals surface area contributed by atoms with Crippen LogP contribution in [-0.4, -0.2) is 43.0 Å². The normalized spacial score (nSPS) is 15.7. The Morgan fingerprint density at radius 1 is 1.27 bits per heavy atom. The van der Waals surface area contributed by atoms with Crippen molar-refractivity contribution < 1.29 is 22.8 Å². The summed E-state index contributed by atoms with van der Waals surface area (Å²) in [6.07, 6.45) is -2.63. The zero-order valence-corrected chi connectivity index (χ0v) is 15.0. The Balaban J connectivity index is 1.86. The number of nitrogens with zero attached hydrogens (tertiary/aromatic N) is 2. The van der Waals surface area contributed by atoms with Gasteiger partial charge in [-0.15, -0.1) is 0 Å². The average Bonchev–Trinajstić information content (AvgIpc) is 2.57. The number of alkyl halides is 3. The van der Waals surface area contributed by atoms with Gasteiger partial charge in [0, 0.05) is 45.2 Å². The molecule has 2 N–H and O–H groups in total. The fourth-order valence-corrected chi connectivity index (χ4v) is 3.03. The van der Waals surface area contributed by atoms with Crippen molar-refractivity contribution in [3.05, 3.63) is 22.8 Å². The van der Waals surface area contributed by atoms with E-state index in [4.69, 9.17) is 11.6 Å². The molecule has 0 unspecified atom stereocenters. The molecule has 2 rings (SSSR count). The first-order chi connectivity index (χ1) is 12.2. The van der Waals surface area contributed by atoms with E-state index in [1.165, 1.54) is 6.92 Å². The van der Waals surface area contributed by atoms with Gasteiger partial charge in [-0.1, -0.05) is 11.6 Å². The van der Waals surface area contributed by atoms with Crippen molar-refractivity contribution in [1.82, 2.24) is 15.6 Å². The number of carbonyl (C=O) groups excluding carboxylic acids is 2. The lowest BCUT2D eigenvalue weighted by molar-refractivity contribution is -0.137. The van der Waals surface area contributed by atoms with Crippen LogP contribution in [0.3, 0.4) is 0 Å². The Morgan fingerprint density at radius 3 is 2.42 bits per heavy atom. The Kier molecular flexibility index (Phi) is 6.69. The highest BCUT2D eigenvalue weighted by molar-refractivity contribution is 6.33. The maximum atomic E-state index is 12.7. The molecule has 10 heteroatoms. The van der Waals surface area contributed by atoms with E-state index < -0.39 is 11.7 Å². The summed E-state index contributed by atoms with van der Waals surface area (Å²) in [5.74, 6) is -0.143. The predicted octanol–water partition coefficient (Wildman–Crippen LogP) is 2.22. The molecule has 0 saturated carbocycles. The summed E-state index contributed by atoms with van der Waals surface area (Å²) in [5, 5.41) is 5.29. The average molecular weight is 393 g/mol. The number of nitrogens with one attached hydrogen (secondary N) is 2. The molecule has 1 aliphatic rings. The number of hydrogen-bond acceptors (Lipinski definition) is 4. The van der Waals surface area contributed by atoms with Crippen molar-refractivity contribution in [2.45, 2.75) is 25.9 Å². The number of amides is 2. The minimum absolute atomic E-state index is 0.0574. The van der Waals surface area contributed by atoms with Gasteiger partial charge in [-0.2, -0.15) is 13.2 Å². The van der Waals surface area contributed by atoms with E-state index in [1.807, 2.05) is 0 Å². The van der Waals surface area contributed by atoms with E-state index in [1.54, 1.807) is 4.90 Å². The van der Waals surface area contributed by atoms with Gasteiger partial charge in [0.2, 0.25) is 11.8 Å². The maximum Gasteiger partial charge on any atom is 0.417 e. The molecule has 0 aliphatic carbocycles. The third-order valence-electron chi connectivity index (χ3n) is 4.11. The monoisotopic (exact) mass is 392 g/mol. The van der Waals surface area contributed by atoms with Crippen LogP contribution in [0, 0.1) is 5.92 Å². The van der Waals surface area contributed by atoms with Gasteiger partial charge in [-0.05, 0) is 18.9 Å². The minimum atomic E-state index is -4.49. The highest BCUT2D eigenvalue weighted by Crippen LogP contribution is 2.34. The molecule has 1 aromatic rings. The van der Waals surface area contributed by atoms with Crippen molar-refractivity contribution in [2.75, 3.05) is 31.1 Å². The van der Waals surface area contributed by atoms with Crippen LogP contribution in [0.1, 0.15) is 25.3 Å². The van der Waals surface area contributed by atoms with Crippen LogP contribution in [0.5, 0.6) is 0 Å². The van der Waals surface area contributed by atoms with Crippen LogP contribution in [0.15, 0.2) is 12.3 Å². The Labute approximate surface area is 154 Å². The van der Waals surface area contributed by atoms with E-state index in [9.17, 15) is 22.8 Å². The first-order valence-electron chi connectivity index (χ1n) is 8.18. The second-order valence-corrected chi connectivity index (χ2v) is 6.47. The van der Waals surface area contributed by atoms with Gasteiger partial charge >= 0.3 is 6.18 Å². The molecule has 0 atom stereocenters. The number of carbonyl (C=O) groups is 2. The number of halogens is 4. The summed E-state index contributed by atoms with van der Waals surface area (Å²) in [4.78, 5) is 28.5. The molecule has 0 bridgehead atoms. The van der Waals surface area contributed by atoms with E-state index in [0.717, 1.165) is 12.3 Å². The fourth-order valence-electron chi connectivity index (χ4n) is 2.74. The van der Waals surface area contributed by atoms with Gasteiger partial charge in [0.15, 0.2) is 0 Å². The van der Waals surface area contributed by atoms with E-state index >= 15 is 0 Å². The van der Waals surface area contributed by atoms with Crippen LogP contribution in [0.4, 0.5) is 19.0 Å². The molecule has 0 radical (unpaired) electrons. The second kappa shape index (κ2) is 8.57. The van der Waals surface area contributed by atoms with Crippen molar-refractivity contribution in [3.63, 3.8) is 0 Å². The SMILES string of the molecule is CC(=O)NCCNC(=O)C1CCN(c2ncc(C(F)(F)F)cc2Cl)CC1. The van der Waals surface area contributed by atoms with Gasteiger partial charge in [-0.25, -0.2) is 4.98 Å². The standard InChI is InChI=1S/C16H20ClF3N4O2/c1-10(25)21-4-5-22-15(26)11-2-6-24(7-3-11)14-13(17)8-12(9-23-14)16(18,19)20/h8-9,11H,2-7H2,1H3,(H,21,25)(H,22,26). The predicted molar refractivity (Wildman–Crippen MR) is 90.9 cm³/mol. The second-order valence-electron chi connectivity index (χ2n) is 6.06. The van der Waals surface area contributed by atoms with Gasteiger partial charge in [0.25, 0.3) is 0 Å². The van der Waals surface area contributed by atoms with Gasteiger partial charge in [0.1, 0.15) is 5.82 Å². The molecule has 26 heavy (non-hydrogen) atoms. The van der Waals surface area contributed by atoms with Crippen molar-refractivity contribution in [3.8, 4) is 0 Å². The molecule has 1 aromatic heterocycles. The van der Waals surface area contributed by atoms with Crippen LogP contribution in [0.2, 0.25) is 5.02 Å². The fraction of sp³-hybridized carbons (Fsp3) is 0.562. The molecule has 1 fully saturated rings. The first-order valence-corrected chi connectivity index (χ1v) is 8.56. The molecule has 2 amide bonds. The Morgan fingerprint density at radius 2 is 1.88 bits per heavy atom. The van der Waals surface area contributed by atoms with E-state index in [-0.39, 0.29) is 22.8 Å². The summed E-state index contributed by atoms with van der Waals surface area (Å²) in [7, 11) is 0. The van der Waals surface area contributed by atoms with Gasteiger partial charge in [-0.3, -0.25) is 9.59 Å². The smallest absolute Gasteiger partial charge is 0.355 e. The number of hydrogen-bond donors (Lipinski definition) is 2. The third kappa shape index (κ3) is 5.48. The number of aromatic nitrogens is 1. The zero-order valence-electron chi connectivity index (χ0n) is 14.2. The highest BCUT2D eigenvalue weighted by atomic mass is 35.5. The van der Waals surface area contributed by atoms with Gasteiger partial charge in [0.05, 0.1) is 10.6 Å². The largest absolute Gasteiger partial charge is 0.417 e. The van der Waals surface area contributed by atoms with Crippen LogP contribution >= 0.6 is 11.6 Å². The molecular weight excluding hydrogens is 373 g/mol. The molecule has 1 saturated heterocycles. The van der Waals surface area contributed by atoms with Crippen molar-refractivity contribution >= 4 is 29.2 Å². The summed E-state index contributed by atoms with van der Waals surface area (Å²) in [6, 6.07) is 0.866. The zero-order chi connectivity index (χ0) is 19.3. The molecule has 6 nitrogen and oxygen atoms in total. The van der Waals surface area contributed by atoms with Crippen LogP contribution < -0.4 is 15.5 Å². The van der Waals surface area contributed by atoms with Crippen molar-refractivity contribution in [2.24, 2.45) is 5.92 Å². The molecular formula is C16H20ClF3N4O2. The number of pyridine rings is 1. The summed E-state index contributed by atoms with van der Waals surface area (Å²) < 4.78 is 38.0. The topological polar surface area (TPSA) is 74.3 Å². The molecule has 144 valence electrons. The van der Waals surface area contributed by atoms with E-state index in [0.29, 0.717) is 44.8 Å². The number of rotatable bonds is 5. The van der Waals surface area contributed by atoms with Gasteiger partial charge < -0.3 is 15.5 Å².